The highest BCUT2D eigenvalue weighted by atomic mass is 35.5. The summed E-state index contributed by atoms with van der Waals surface area (Å²) in [4.78, 5) is 38.2. The maximum atomic E-state index is 12.3. The number of carbonyl (C=O) groups is 2. The molecule has 2 aromatic rings. The molecule has 148 valence electrons. The molecular formula is C20H22ClN3O4. The second kappa shape index (κ2) is 9.32. The van der Waals surface area contributed by atoms with Crippen molar-refractivity contribution in [2.75, 3.05) is 19.7 Å². The van der Waals surface area contributed by atoms with Gasteiger partial charge in [0, 0.05) is 29.9 Å². The molecule has 1 aromatic carbocycles. The average Bonchev–Trinajstić information content (AvgIpc) is 2.64. The average molecular weight is 404 g/mol. The van der Waals surface area contributed by atoms with Gasteiger partial charge in [-0.15, -0.1) is 0 Å². The number of esters is 1. The fraction of sp³-hybridized carbons (Fsp3) is 0.300. The summed E-state index contributed by atoms with van der Waals surface area (Å²) in [6.07, 6.45) is 0. The molecule has 7 nitrogen and oxygen atoms in total. The minimum absolute atomic E-state index is 0.371. The third-order valence-corrected chi connectivity index (χ3v) is 4.15. The number of likely N-dealkylation sites (N-methyl/N-ethyl adjacent to an activating group) is 1. The highest BCUT2D eigenvalue weighted by Gasteiger charge is 2.20. The fourth-order valence-electron chi connectivity index (χ4n) is 2.52. The van der Waals surface area contributed by atoms with Crippen LogP contribution in [0.2, 0.25) is 5.02 Å². The quantitative estimate of drug-likeness (QED) is 0.524. The molecule has 0 atom stereocenters. The summed E-state index contributed by atoms with van der Waals surface area (Å²) in [5, 5.41) is 4.66. The van der Waals surface area contributed by atoms with Crippen LogP contribution in [0, 0.1) is 6.92 Å². The Bertz CT molecular complexity index is 951. The van der Waals surface area contributed by atoms with Gasteiger partial charge in [-0.2, -0.15) is 5.10 Å². The van der Waals surface area contributed by atoms with E-state index in [2.05, 4.69) is 11.7 Å². The summed E-state index contributed by atoms with van der Waals surface area (Å²) in [5.41, 5.74) is 1.02. The van der Waals surface area contributed by atoms with Crippen LogP contribution in [0.5, 0.6) is 0 Å². The number of ether oxygens (including phenoxy) is 1. The standard InChI is InChI=1S/C20H22ClN3O4/c1-5-23(11-13(2)3)18(26)12-28-20(27)19-17(25)10-14(4)24(22-19)16-8-6-15(21)7-9-16/h6-10H,2,5,11-12H2,1,3-4H3. The smallest absolute Gasteiger partial charge is 0.363 e. The molecule has 0 bridgehead atoms. The zero-order valence-corrected chi connectivity index (χ0v) is 16.8. The Morgan fingerprint density at radius 3 is 2.50 bits per heavy atom. The topological polar surface area (TPSA) is 81.5 Å². The summed E-state index contributed by atoms with van der Waals surface area (Å²) in [7, 11) is 0. The predicted molar refractivity (Wildman–Crippen MR) is 107 cm³/mol. The van der Waals surface area contributed by atoms with Crippen LogP contribution in [0.25, 0.3) is 5.69 Å². The Labute approximate surface area is 168 Å². The summed E-state index contributed by atoms with van der Waals surface area (Å²) in [5.74, 6) is -1.32. The lowest BCUT2D eigenvalue weighted by atomic mass is 10.3. The van der Waals surface area contributed by atoms with Crippen molar-refractivity contribution in [2.45, 2.75) is 20.8 Å². The third kappa shape index (κ3) is 5.29. The van der Waals surface area contributed by atoms with Gasteiger partial charge in [0.15, 0.2) is 6.61 Å². The van der Waals surface area contributed by atoms with E-state index in [1.165, 1.54) is 15.6 Å². The molecule has 0 aliphatic heterocycles. The van der Waals surface area contributed by atoms with Crippen LogP contribution in [0.1, 0.15) is 30.0 Å². The number of rotatable bonds is 7. The van der Waals surface area contributed by atoms with Crippen molar-refractivity contribution >= 4 is 23.5 Å². The van der Waals surface area contributed by atoms with E-state index in [4.69, 9.17) is 16.3 Å². The van der Waals surface area contributed by atoms with Gasteiger partial charge in [-0.25, -0.2) is 9.48 Å². The first-order valence-corrected chi connectivity index (χ1v) is 9.07. The molecule has 0 N–H and O–H groups in total. The van der Waals surface area contributed by atoms with E-state index >= 15 is 0 Å². The molecule has 0 fully saturated rings. The Hall–Kier alpha value is -2.93. The van der Waals surface area contributed by atoms with Gasteiger partial charge >= 0.3 is 5.97 Å². The van der Waals surface area contributed by atoms with E-state index in [0.29, 0.717) is 29.5 Å². The van der Waals surface area contributed by atoms with Crippen molar-refractivity contribution in [1.82, 2.24) is 14.7 Å². The summed E-state index contributed by atoms with van der Waals surface area (Å²) in [6.45, 7) is 9.43. The van der Waals surface area contributed by atoms with Crippen LogP contribution in [-0.4, -0.2) is 46.3 Å². The second-order valence-electron chi connectivity index (χ2n) is 6.33. The Balaban J connectivity index is 2.20. The van der Waals surface area contributed by atoms with Crippen molar-refractivity contribution in [2.24, 2.45) is 0 Å². The van der Waals surface area contributed by atoms with Gasteiger partial charge in [-0.1, -0.05) is 23.8 Å². The normalized spacial score (nSPS) is 10.4. The number of aromatic nitrogens is 2. The maximum Gasteiger partial charge on any atom is 0.363 e. The number of nitrogens with zero attached hydrogens (tertiary/aromatic N) is 3. The van der Waals surface area contributed by atoms with Crippen LogP contribution in [0.3, 0.4) is 0 Å². The summed E-state index contributed by atoms with van der Waals surface area (Å²) in [6, 6.07) is 8.06. The minimum atomic E-state index is -0.951. The SMILES string of the molecule is C=C(C)CN(CC)C(=O)COC(=O)c1nn(-c2ccc(Cl)cc2)c(C)cc1=O. The fourth-order valence-corrected chi connectivity index (χ4v) is 2.65. The van der Waals surface area contributed by atoms with Crippen molar-refractivity contribution in [3.63, 3.8) is 0 Å². The number of carbonyl (C=O) groups excluding carboxylic acids is 2. The summed E-state index contributed by atoms with van der Waals surface area (Å²) < 4.78 is 6.47. The minimum Gasteiger partial charge on any atom is -0.451 e. The number of hydrogen-bond acceptors (Lipinski definition) is 5. The first-order valence-electron chi connectivity index (χ1n) is 8.69. The van der Waals surface area contributed by atoms with Crippen molar-refractivity contribution < 1.29 is 14.3 Å². The van der Waals surface area contributed by atoms with E-state index in [1.54, 1.807) is 38.1 Å². The lowest BCUT2D eigenvalue weighted by molar-refractivity contribution is -0.133. The first kappa shape index (κ1) is 21.4. The van der Waals surface area contributed by atoms with Crippen LogP contribution >= 0.6 is 11.6 Å². The van der Waals surface area contributed by atoms with Crippen LogP contribution in [-0.2, 0) is 9.53 Å². The van der Waals surface area contributed by atoms with Gasteiger partial charge in [0.2, 0.25) is 11.1 Å². The molecule has 8 heteroatoms. The molecule has 0 aliphatic carbocycles. The lowest BCUT2D eigenvalue weighted by Crippen LogP contribution is -2.36. The van der Waals surface area contributed by atoms with Crippen LogP contribution in [0.4, 0.5) is 0 Å². The van der Waals surface area contributed by atoms with Crippen LogP contribution in [0.15, 0.2) is 47.3 Å². The number of aryl methyl sites for hydroxylation is 1. The molecule has 28 heavy (non-hydrogen) atoms. The Kier molecular flexibility index (Phi) is 7.12. The molecule has 1 aromatic heterocycles. The Morgan fingerprint density at radius 1 is 1.29 bits per heavy atom. The van der Waals surface area contributed by atoms with Crippen LogP contribution < -0.4 is 5.43 Å². The molecule has 0 saturated carbocycles. The van der Waals surface area contributed by atoms with Crippen molar-refractivity contribution in [3.05, 3.63) is 69.1 Å². The van der Waals surface area contributed by atoms with E-state index < -0.39 is 23.7 Å². The number of halogens is 1. The van der Waals surface area contributed by atoms with Gasteiger partial charge in [0.05, 0.1) is 5.69 Å². The maximum absolute atomic E-state index is 12.3. The molecule has 0 radical (unpaired) electrons. The van der Waals surface area contributed by atoms with E-state index in [0.717, 1.165) is 5.57 Å². The summed E-state index contributed by atoms with van der Waals surface area (Å²) >= 11 is 5.89. The molecule has 0 saturated heterocycles. The zero-order valence-electron chi connectivity index (χ0n) is 16.1. The number of amides is 1. The molecule has 0 spiro atoms. The third-order valence-electron chi connectivity index (χ3n) is 3.89. The van der Waals surface area contributed by atoms with Gasteiger partial charge in [0.1, 0.15) is 0 Å². The monoisotopic (exact) mass is 403 g/mol. The van der Waals surface area contributed by atoms with E-state index in [1.807, 2.05) is 6.92 Å². The first-order chi connectivity index (χ1) is 13.2. The largest absolute Gasteiger partial charge is 0.451 e. The molecule has 2 rings (SSSR count). The predicted octanol–water partition coefficient (Wildman–Crippen LogP) is 2.78. The highest BCUT2D eigenvalue weighted by Crippen LogP contribution is 2.14. The zero-order chi connectivity index (χ0) is 20.8. The van der Waals surface area contributed by atoms with Gasteiger partial charge < -0.3 is 9.64 Å². The molecule has 1 heterocycles. The Morgan fingerprint density at radius 2 is 1.93 bits per heavy atom. The molecule has 1 amide bonds. The number of hydrogen-bond donors (Lipinski definition) is 0. The molecule has 0 unspecified atom stereocenters. The lowest BCUT2D eigenvalue weighted by Gasteiger charge is -2.20. The van der Waals surface area contributed by atoms with Gasteiger partial charge in [0.25, 0.3) is 5.91 Å². The molecule has 0 aliphatic rings. The van der Waals surface area contributed by atoms with Crippen molar-refractivity contribution in [3.8, 4) is 5.69 Å². The number of benzene rings is 1. The van der Waals surface area contributed by atoms with E-state index in [-0.39, 0.29) is 5.91 Å². The second-order valence-corrected chi connectivity index (χ2v) is 6.76. The van der Waals surface area contributed by atoms with E-state index in [9.17, 15) is 14.4 Å². The highest BCUT2D eigenvalue weighted by molar-refractivity contribution is 6.30. The molecular weight excluding hydrogens is 382 g/mol. The van der Waals surface area contributed by atoms with Gasteiger partial charge in [-0.05, 0) is 45.0 Å². The van der Waals surface area contributed by atoms with Gasteiger partial charge in [-0.3, -0.25) is 9.59 Å². The van der Waals surface area contributed by atoms with Crippen molar-refractivity contribution in [1.29, 1.82) is 0 Å².